The predicted molar refractivity (Wildman–Crippen MR) is 205 cm³/mol. The first kappa shape index (κ1) is 44.2. The van der Waals surface area contributed by atoms with Crippen LogP contribution in [0.15, 0.2) is 0 Å². The minimum atomic E-state index is 0.713. The first-order valence-corrected chi connectivity index (χ1v) is 21.6. The van der Waals surface area contributed by atoms with Crippen LogP contribution in [0.25, 0.3) is 0 Å². The Balaban J connectivity index is 3.78. The van der Waals surface area contributed by atoms with Gasteiger partial charge in [-0.1, -0.05) is 220 Å². The Hall–Kier alpha value is 0.250. The Morgan fingerprint density at radius 1 is 0.318 bits per heavy atom. The Bertz CT molecular complexity index is 452. The van der Waals surface area contributed by atoms with E-state index in [0.29, 0.717) is 6.04 Å². The number of rotatable bonds is 39. The number of nitrogens with zero attached hydrogens (tertiary/aromatic N) is 1. The van der Waals surface area contributed by atoms with Gasteiger partial charge in [0, 0.05) is 11.9 Å². The van der Waals surface area contributed by atoms with Crippen molar-refractivity contribution in [3.8, 4) is 0 Å². The number of halogens is 1. The van der Waals surface area contributed by atoms with Crippen molar-refractivity contribution in [2.24, 2.45) is 0 Å². The SMILES string of the molecule is CCCCCCCCCCCCCCCCCCN(CCCCCCCCCCCCCCCCCC)C(CCC)CCCl. The Kier molecular flexibility index (Phi) is 39.7. The third-order valence-electron chi connectivity index (χ3n) is 10.2. The summed E-state index contributed by atoms with van der Waals surface area (Å²) < 4.78 is 0. The van der Waals surface area contributed by atoms with E-state index in [1.165, 1.54) is 238 Å². The lowest BCUT2D eigenvalue weighted by Gasteiger charge is -2.31. The topological polar surface area (TPSA) is 3.24 Å². The van der Waals surface area contributed by atoms with Crippen LogP contribution in [-0.4, -0.2) is 29.9 Å². The average Bonchev–Trinajstić information content (AvgIpc) is 3.03. The van der Waals surface area contributed by atoms with Gasteiger partial charge in [-0.15, -0.1) is 11.6 Å². The quantitative estimate of drug-likeness (QED) is 0.0477. The number of unbranched alkanes of at least 4 members (excludes halogenated alkanes) is 30. The zero-order chi connectivity index (χ0) is 32.0. The molecule has 1 unspecified atom stereocenters. The normalized spacial score (nSPS) is 12.5. The van der Waals surface area contributed by atoms with E-state index in [1.54, 1.807) is 0 Å². The van der Waals surface area contributed by atoms with Gasteiger partial charge in [0.05, 0.1) is 0 Å². The standard InChI is InChI=1S/C42H86ClN/c1-4-7-9-11-13-15-17-19-21-23-25-27-29-31-33-35-40-44(42(37-6-3)38-39-43)41-36-34-32-30-28-26-24-22-20-18-16-14-12-10-8-5-2/h42H,4-41H2,1-3H3. The molecule has 0 N–H and O–H groups in total. The average molecular weight is 641 g/mol. The summed E-state index contributed by atoms with van der Waals surface area (Å²) in [5, 5.41) is 0. The van der Waals surface area contributed by atoms with Crippen molar-refractivity contribution in [1.29, 1.82) is 0 Å². The van der Waals surface area contributed by atoms with Gasteiger partial charge < -0.3 is 4.90 Å². The summed E-state index contributed by atoms with van der Waals surface area (Å²) in [6.45, 7) is 9.58. The van der Waals surface area contributed by atoms with Crippen LogP contribution in [0.3, 0.4) is 0 Å². The summed E-state index contributed by atoms with van der Waals surface area (Å²) >= 11 is 6.25. The highest BCUT2D eigenvalue weighted by atomic mass is 35.5. The minimum absolute atomic E-state index is 0.713. The fraction of sp³-hybridized carbons (Fsp3) is 1.00. The maximum Gasteiger partial charge on any atom is 0.0238 e. The maximum atomic E-state index is 6.25. The molecule has 1 nitrogen and oxygen atoms in total. The second kappa shape index (κ2) is 39.4. The van der Waals surface area contributed by atoms with Gasteiger partial charge in [0.1, 0.15) is 0 Å². The van der Waals surface area contributed by atoms with Crippen LogP contribution in [-0.2, 0) is 0 Å². The molecule has 266 valence electrons. The summed E-state index contributed by atoms with van der Waals surface area (Å²) in [5.74, 6) is 0.819. The van der Waals surface area contributed by atoms with Crippen molar-refractivity contribution in [2.45, 2.75) is 252 Å². The molecule has 0 aromatic rings. The van der Waals surface area contributed by atoms with Crippen molar-refractivity contribution in [1.82, 2.24) is 4.90 Å². The summed E-state index contributed by atoms with van der Waals surface area (Å²) in [7, 11) is 0. The van der Waals surface area contributed by atoms with Crippen LogP contribution in [0.2, 0.25) is 0 Å². The molecule has 0 bridgehead atoms. The predicted octanol–water partition coefficient (Wildman–Crippen LogP) is 15.6. The van der Waals surface area contributed by atoms with Crippen LogP contribution in [0.5, 0.6) is 0 Å². The molecule has 2 heteroatoms. The van der Waals surface area contributed by atoms with Crippen molar-refractivity contribution < 1.29 is 0 Å². The molecule has 0 heterocycles. The Morgan fingerprint density at radius 3 is 0.795 bits per heavy atom. The molecule has 0 rings (SSSR count). The van der Waals surface area contributed by atoms with Crippen LogP contribution < -0.4 is 0 Å². The second-order valence-electron chi connectivity index (χ2n) is 14.6. The molecule has 0 fully saturated rings. The fourth-order valence-corrected chi connectivity index (χ4v) is 7.42. The number of alkyl halides is 1. The molecule has 0 radical (unpaired) electrons. The van der Waals surface area contributed by atoms with Gasteiger partial charge in [-0.2, -0.15) is 0 Å². The monoisotopic (exact) mass is 640 g/mol. The van der Waals surface area contributed by atoms with Gasteiger partial charge in [0.15, 0.2) is 0 Å². The largest absolute Gasteiger partial charge is 0.300 e. The lowest BCUT2D eigenvalue weighted by atomic mass is 10.0. The zero-order valence-electron chi connectivity index (χ0n) is 31.3. The van der Waals surface area contributed by atoms with E-state index >= 15 is 0 Å². The Labute approximate surface area is 286 Å². The van der Waals surface area contributed by atoms with Gasteiger partial charge in [0.25, 0.3) is 0 Å². The highest BCUT2D eigenvalue weighted by molar-refractivity contribution is 6.17. The zero-order valence-corrected chi connectivity index (χ0v) is 32.0. The van der Waals surface area contributed by atoms with E-state index in [-0.39, 0.29) is 0 Å². The first-order valence-electron chi connectivity index (χ1n) is 21.1. The van der Waals surface area contributed by atoms with Crippen LogP contribution in [0.1, 0.15) is 245 Å². The molecular formula is C42H86ClN. The van der Waals surface area contributed by atoms with Crippen molar-refractivity contribution in [2.75, 3.05) is 19.0 Å². The summed E-state index contributed by atoms with van der Waals surface area (Å²) in [4.78, 5) is 2.85. The van der Waals surface area contributed by atoms with E-state index in [2.05, 4.69) is 25.7 Å². The van der Waals surface area contributed by atoms with Crippen molar-refractivity contribution in [3.05, 3.63) is 0 Å². The molecule has 44 heavy (non-hydrogen) atoms. The highest BCUT2D eigenvalue weighted by Gasteiger charge is 2.16. The van der Waals surface area contributed by atoms with Gasteiger partial charge in [0.2, 0.25) is 0 Å². The lowest BCUT2D eigenvalue weighted by molar-refractivity contribution is 0.173. The van der Waals surface area contributed by atoms with Crippen LogP contribution in [0.4, 0.5) is 0 Å². The first-order chi connectivity index (χ1) is 21.8. The number of hydrogen-bond donors (Lipinski definition) is 0. The number of hydrogen-bond acceptors (Lipinski definition) is 1. The third-order valence-corrected chi connectivity index (χ3v) is 10.4. The van der Waals surface area contributed by atoms with Gasteiger partial charge in [-0.3, -0.25) is 0 Å². The molecule has 0 spiro atoms. The molecule has 0 aliphatic heterocycles. The van der Waals surface area contributed by atoms with Crippen LogP contribution in [0, 0.1) is 0 Å². The maximum absolute atomic E-state index is 6.25. The molecule has 0 aromatic carbocycles. The second-order valence-corrected chi connectivity index (χ2v) is 14.9. The lowest BCUT2D eigenvalue weighted by Crippen LogP contribution is -2.37. The van der Waals surface area contributed by atoms with Crippen LogP contribution >= 0.6 is 11.6 Å². The molecule has 0 saturated heterocycles. The molecule has 0 aromatic heterocycles. The molecule has 1 atom stereocenters. The smallest absolute Gasteiger partial charge is 0.0238 e. The van der Waals surface area contributed by atoms with E-state index < -0.39 is 0 Å². The third kappa shape index (κ3) is 33.6. The van der Waals surface area contributed by atoms with Crippen molar-refractivity contribution >= 4 is 11.6 Å². The molecule has 0 amide bonds. The van der Waals surface area contributed by atoms with Gasteiger partial charge in [-0.05, 0) is 38.8 Å². The van der Waals surface area contributed by atoms with E-state index in [0.717, 1.165) is 5.88 Å². The highest BCUT2D eigenvalue weighted by Crippen LogP contribution is 2.18. The molecule has 0 aliphatic rings. The molecule has 0 aliphatic carbocycles. The summed E-state index contributed by atoms with van der Waals surface area (Å²) in [5.41, 5.74) is 0. The molecule has 0 saturated carbocycles. The van der Waals surface area contributed by atoms with Gasteiger partial charge in [-0.25, -0.2) is 0 Å². The van der Waals surface area contributed by atoms with E-state index in [9.17, 15) is 0 Å². The van der Waals surface area contributed by atoms with Gasteiger partial charge >= 0.3 is 0 Å². The fourth-order valence-electron chi connectivity index (χ4n) is 7.17. The van der Waals surface area contributed by atoms with E-state index in [4.69, 9.17) is 11.6 Å². The minimum Gasteiger partial charge on any atom is -0.300 e. The summed E-state index contributed by atoms with van der Waals surface area (Å²) in [6, 6.07) is 0.713. The summed E-state index contributed by atoms with van der Waals surface area (Å²) in [6.07, 6.45) is 50.2. The van der Waals surface area contributed by atoms with E-state index in [1.807, 2.05) is 0 Å². The molecular weight excluding hydrogens is 554 g/mol. The Morgan fingerprint density at radius 2 is 0.568 bits per heavy atom. The van der Waals surface area contributed by atoms with Crippen molar-refractivity contribution in [3.63, 3.8) is 0 Å².